The molecule has 0 amide bonds. The van der Waals surface area contributed by atoms with Crippen molar-refractivity contribution in [3.63, 3.8) is 0 Å². The van der Waals surface area contributed by atoms with E-state index in [9.17, 15) is 0 Å². The fourth-order valence-corrected chi connectivity index (χ4v) is 2.22. The summed E-state index contributed by atoms with van der Waals surface area (Å²) in [4.78, 5) is 7.38. The summed E-state index contributed by atoms with van der Waals surface area (Å²) in [5, 5.41) is 0.621. The van der Waals surface area contributed by atoms with Crippen LogP contribution in [0.1, 0.15) is 0 Å². The molecule has 2 aromatic rings. The zero-order chi connectivity index (χ0) is 10.8. The molecule has 0 aromatic carbocycles. The first-order valence-corrected chi connectivity index (χ1v) is 6.63. The number of aromatic amines is 1. The average molecular weight is 260 g/mol. The van der Waals surface area contributed by atoms with Crippen molar-refractivity contribution >= 4 is 46.7 Å². The molecule has 0 unspecified atom stereocenters. The second-order valence-electron chi connectivity index (χ2n) is 3.10. The SMILES string of the molecule is CSCCn1c(=S)[nH]c2cc(Cl)cnc21. The second kappa shape index (κ2) is 4.55. The topological polar surface area (TPSA) is 33.6 Å². The van der Waals surface area contributed by atoms with Crippen LogP contribution in [0, 0.1) is 4.77 Å². The third-order valence-corrected chi connectivity index (χ3v) is 3.21. The Balaban J connectivity index is 2.53. The molecule has 0 radical (unpaired) electrons. The van der Waals surface area contributed by atoms with Crippen molar-refractivity contribution in [1.29, 1.82) is 0 Å². The van der Waals surface area contributed by atoms with Crippen LogP contribution in [0.3, 0.4) is 0 Å². The van der Waals surface area contributed by atoms with Gasteiger partial charge in [0.1, 0.15) is 0 Å². The maximum Gasteiger partial charge on any atom is 0.179 e. The van der Waals surface area contributed by atoms with E-state index in [1.54, 1.807) is 18.0 Å². The van der Waals surface area contributed by atoms with E-state index in [4.69, 9.17) is 23.8 Å². The Morgan fingerprint density at radius 2 is 2.47 bits per heavy atom. The highest BCUT2D eigenvalue weighted by atomic mass is 35.5. The molecule has 0 aliphatic rings. The molecule has 0 atom stereocenters. The minimum atomic E-state index is 0.621. The molecule has 0 fully saturated rings. The van der Waals surface area contributed by atoms with Crippen LogP contribution in [-0.4, -0.2) is 26.5 Å². The summed E-state index contributed by atoms with van der Waals surface area (Å²) >= 11 is 12.9. The molecule has 0 saturated carbocycles. The van der Waals surface area contributed by atoms with Crippen molar-refractivity contribution in [3.05, 3.63) is 22.1 Å². The van der Waals surface area contributed by atoms with Gasteiger partial charge in [-0.1, -0.05) is 11.6 Å². The van der Waals surface area contributed by atoms with Gasteiger partial charge < -0.3 is 9.55 Å². The van der Waals surface area contributed by atoms with Crippen molar-refractivity contribution in [2.45, 2.75) is 6.54 Å². The number of nitrogens with zero attached hydrogens (tertiary/aromatic N) is 2. The number of halogens is 1. The van der Waals surface area contributed by atoms with Crippen LogP contribution in [-0.2, 0) is 6.54 Å². The highest BCUT2D eigenvalue weighted by molar-refractivity contribution is 7.98. The maximum atomic E-state index is 5.85. The van der Waals surface area contributed by atoms with Gasteiger partial charge in [-0.25, -0.2) is 4.98 Å². The Morgan fingerprint density at radius 1 is 1.67 bits per heavy atom. The van der Waals surface area contributed by atoms with Gasteiger partial charge in [0.2, 0.25) is 0 Å². The van der Waals surface area contributed by atoms with Gasteiger partial charge in [0.25, 0.3) is 0 Å². The van der Waals surface area contributed by atoms with Gasteiger partial charge >= 0.3 is 0 Å². The van der Waals surface area contributed by atoms with Crippen LogP contribution in [0.4, 0.5) is 0 Å². The highest BCUT2D eigenvalue weighted by Crippen LogP contribution is 2.16. The first-order chi connectivity index (χ1) is 7.22. The van der Waals surface area contributed by atoms with Gasteiger partial charge in [0, 0.05) is 18.5 Å². The van der Waals surface area contributed by atoms with Gasteiger partial charge in [-0.05, 0) is 24.5 Å². The Bertz CT molecular complexity index is 532. The largest absolute Gasteiger partial charge is 0.329 e. The minimum absolute atomic E-state index is 0.621. The van der Waals surface area contributed by atoms with Crippen LogP contribution < -0.4 is 0 Å². The normalized spacial score (nSPS) is 11.1. The molecule has 15 heavy (non-hydrogen) atoms. The molecule has 0 saturated heterocycles. The Labute approximate surface area is 102 Å². The number of rotatable bonds is 3. The summed E-state index contributed by atoms with van der Waals surface area (Å²) in [6, 6.07) is 1.84. The molecule has 6 heteroatoms. The van der Waals surface area contributed by atoms with E-state index in [-0.39, 0.29) is 0 Å². The van der Waals surface area contributed by atoms with Gasteiger partial charge in [-0.2, -0.15) is 11.8 Å². The molecule has 2 aromatic heterocycles. The number of aryl methyl sites for hydroxylation is 1. The van der Waals surface area contributed by atoms with E-state index < -0.39 is 0 Å². The van der Waals surface area contributed by atoms with E-state index in [0.717, 1.165) is 23.5 Å². The van der Waals surface area contributed by atoms with E-state index >= 15 is 0 Å². The van der Waals surface area contributed by atoms with Crippen LogP contribution in [0.15, 0.2) is 12.3 Å². The smallest absolute Gasteiger partial charge is 0.179 e. The van der Waals surface area contributed by atoms with Crippen molar-refractivity contribution < 1.29 is 0 Å². The monoisotopic (exact) mass is 259 g/mol. The van der Waals surface area contributed by atoms with Gasteiger partial charge in [0.05, 0.1) is 10.5 Å². The number of fused-ring (bicyclic) bond motifs is 1. The van der Waals surface area contributed by atoms with Crippen molar-refractivity contribution in [2.24, 2.45) is 0 Å². The zero-order valence-corrected chi connectivity index (χ0v) is 10.5. The lowest BCUT2D eigenvalue weighted by Gasteiger charge is -2.01. The second-order valence-corrected chi connectivity index (χ2v) is 4.91. The molecule has 2 heterocycles. The van der Waals surface area contributed by atoms with Gasteiger partial charge in [-0.3, -0.25) is 0 Å². The molecule has 80 valence electrons. The van der Waals surface area contributed by atoms with Gasteiger partial charge in [-0.15, -0.1) is 0 Å². The third kappa shape index (κ3) is 2.19. The number of H-pyrrole nitrogens is 1. The first-order valence-electron chi connectivity index (χ1n) is 4.45. The lowest BCUT2D eigenvalue weighted by Crippen LogP contribution is -2.00. The number of aromatic nitrogens is 3. The van der Waals surface area contributed by atoms with E-state index in [1.165, 1.54) is 0 Å². The van der Waals surface area contributed by atoms with Crippen LogP contribution in [0.25, 0.3) is 11.2 Å². The molecule has 3 nitrogen and oxygen atoms in total. The summed E-state index contributed by atoms with van der Waals surface area (Å²) in [5.41, 5.74) is 1.77. The fraction of sp³-hybridized carbons (Fsp3) is 0.333. The maximum absolute atomic E-state index is 5.85. The van der Waals surface area contributed by atoms with Gasteiger partial charge in [0.15, 0.2) is 10.4 Å². The third-order valence-electron chi connectivity index (χ3n) is 2.09. The lowest BCUT2D eigenvalue weighted by atomic mass is 10.4. The van der Waals surface area contributed by atoms with Crippen LogP contribution in [0.5, 0.6) is 0 Å². The van der Waals surface area contributed by atoms with E-state index in [0.29, 0.717) is 9.79 Å². The molecule has 1 N–H and O–H groups in total. The van der Waals surface area contributed by atoms with Crippen LogP contribution in [0.2, 0.25) is 5.02 Å². The lowest BCUT2D eigenvalue weighted by molar-refractivity contribution is 0.775. The number of thioether (sulfide) groups is 1. The number of hydrogen-bond donors (Lipinski definition) is 1. The Morgan fingerprint density at radius 3 is 3.20 bits per heavy atom. The van der Waals surface area contributed by atoms with Crippen molar-refractivity contribution in [1.82, 2.24) is 14.5 Å². The number of hydrogen-bond acceptors (Lipinski definition) is 3. The number of nitrogens with one attached hydrogen (secondary N) is 1. The van der Waals surface area contributed by atoms with Crippen molar-refractivity contribution in [3.8, 4) is 0 Å². The molecule has 0 aliphatic heterocycles. The van der Waals surface area contributed by atoms with E-state index in [2.05, 4.69) is 16.2 Å². The molecular formula is C9H10ClN3S2. The predicted molar refractivity (Wildman–Crippen MR) is 68.3 cm³/mol. The summed E-state index contributed by atoms with van der Waals surface area (Å²) in [7, 11) is 0. The summed E-state index contributed by atoms with van der Waals surface area (Å²) < 4.78 is 2.70. The fourth-order valence-electron chi connectivity index (χ4n) is 1.41. The Hall–Kier alpha value is -0.520. The number of pyridine rings is 1. The first kappa shape index (κ1) is 11.0. The minimum Gasteiger partial charge on any atom is -0.329 e. The summed E-state index contributed by atoms with van der Waals surface area (Å²) in [6.45, 7) is 0.870. The molecule has 0 aliphatic carbocycles. The Kier molecular flexibility index (Phi) is 3.33. The molecule has 2 rings (SSSR count). The molecule has 0 spiro atoms. The predicted octanol–water partition coefficient (Wildman–Crippen LogP) is 3.11. The molecular weight excluding hydrogens is 250 g/mol. The standard InChI is InChI=1S/C9H10ClN3S2/c1-15-3-2-13-8-7(12-9(13)14)4-6(10)5-11-8/h4-5H,2-3H2,1H3,(H,12,14). The average Bonchev–Trinajstić information content (AvgIpc) is 2.50. The summed E-state index contributed by atoms with van der Waals surface area (Å²) in [5.74, 6) is 1.02. The quantitative estimate of drug-likeness (QED) is 0.860. The zero-order valence-electron chi connectivity index (χ0n) is 8.16. The summed E-state index contributed by atoms with van der Waals surface area (Å²) in [6.07, 6.45) is 3.71. The van der Waals surface area contributed by atoms with Crippen LogP contribution >= 0.6 is 35.6 Å². The highest BCUT2D eigenvalue weighted by Gasteiger charge is 2.05. The van der Waals surface area contributed by atoms with E-state index in [1.807, 2.05) is 10.6 Å². The van der Waals surface area contributed by atoms with Crippen molar-refractivity contribution in [2.75, 3.05) is 12.0 Å². The molecule has 0 bridgehead atoms. The number of imidazole rings is 1.